The zero-order chi connectivity index (χ0) is 24.1. The van der Waals surface area contributed by atoms with Gasteiger partial charge >= 0.3 is 11.9 Å². The third-order valence-electron chi connectivity index (χ3n) is 5.50. The number of carboxylic acids is 2. The van der Waals surface area contributed by atoms with Crippen LogP contribution in [0.5, 0.6) is 17.2 Å². The number of benzene rings is 2. The van der Waals surface area contributed by atoms with E-state index in [0.29, 0.717) is 12.4 Å². The number of aliphatic carboxylic acids is 2. The number of piperidine rings is 1. The van der Waals surface area contributed by atoms with E-state index in [0.717, 1.165) is 30.4 Å². The van der Waals surface area contributed by atoms with Crippen molar-refractivity contribution in [2.75, 3.05) is 40.5 Å². The van der Waals surface area contributed by atoms with E-state index in [4.69, 9.17) is 34.0 Å². The number of hydrogen-bond donors (Lipinski definition) is 2. The Balaban J connectivity index is 0.000000569. The van der Waals surface area contributed by atoms with Gasteiger partial charge in [0.15, 0.2) is 11.5 Å². The Hall–Kier alpha value is -3.26. The second-order valence-corrected chi connectivity index (χ2v) is 7.78. The summed E-state index contributed by atoms with van der Waals surface area (Å²) in [6, 6.07) is 16.6. The van der Waals surface area contributed by atoms with Gasteiger partial charge in [0.25, 0.3) is 0 Å². The lowest BCUT2D eigenvalue weighted by molar-refractivity contribution is -0.159. The van der Waals surface area contributed by atoms with E-state index in [9.17, 15) is 0 Å². The van der Waals surface area contributed by atoms with E-state index < -0.39 is 11.9 Å². The number of para-hydroxylation sites is 1. The minimum Gasteiger partial charge on any atom is -0.493 e. The highest BCUT2D eigenvalue weighted by atomic mass is 16.5. The Kier molecular flexibility index (Phi) is 11.0. The number of rotatable bonds is 9. The van der Waals surface area contributed by atoms with Gasteiger partial charge in [-0.2, -0.15) is 0 Å². The molecule has 0 aliphatic carbocycles. The largest absolute Gasteiger partial charge is 0.493 e. The summed E-state index contributed by atoms with van der Waals surface area (Å²) in [5.74, 6) is -0.695. The topological polar surface area (TPSA) is 106 Å². The Morgan fingerprint density at radius 1 is 0.909 bits per heavy atom. The molecule has 2 N–H and O–H groups in total. The summed E-state index contributed by atoms with van der Waals surface area (Å²) in [6.07, 6.45) is 4.79. The van der Waals surface area contributed by atoms with Crippen LogP contribution in [-0.2, 0) is 16.0 Å². The van der Waals surface area contributed by atoms with Crippen molar-refractivity contribution < 1.29 is 34.0 Å². The first-order valence-corrected chi connectivity index (χ1v) is 11.0. The lowest BCUT2D eigenvalue weighted by Gasteiger charge is -2.32. The maximum absolute atomic E-state index is 9.10. The molecule has 0 amide bonds. The number of carboxylic acid groups (broad SMARTS) is 2. The summed E-state index contributed by atoms with van der Waals surface area (Å²) < 4.78 is 16.7. The van der Waals surface area contributed by atoms with Crippen LogP contribution >= 0.6 is 0 Å². The smallest absolute Gasteiger partial charge is 0.414 e. The van der Waals surface area contributed by atoms with Crippen molar-refractivity contribution in [3.63, 3.8) is 0 Å². The van der Waals surface area contributed by atoms with E-state index in [1.807, 2.05) is 18.2 Å². The normalized spacial score (nSPS) is 14.0. The van der Waals surface area contributed by atoms with Crippen LogP contribution < -0.4 is 14.2 Å². The molecule has 0 atom stereocenters. The average Bonchev–Trinajstić information content (AvgIpc) is 2.83. The van der Waals surface area contributed by atoms with Gasteiger partial charge in [0.05, 0.1) is 20.8 Å². The van der Waals surface area contributed by atoms with E-state index in [1.165, 1.54) is 37.9 Å². The number of ether oxygens (including phenoxy) is 3. The van der Waals surface area contributed by atoms with E-state index in [-0.39, 0.29) is 0 Å². The quantitative estimate of drug-likeness (QED) is 0.433. The van der Waals surface area contributed by atoms with Gasteiger partial charge in [0, 0.05) is 6.54 Å². The van der Waals surface area contributed by atoms with Crippen molar-refractivity contribution in [3.8, 4) is 17.2 Å². The zero-order valence-corrected chi connectivity index (χ0v) is 19.2. The molecule has 0 unspecified atom stereocenters. The van der Waals surface area contributed by atoms with E-state index in [2.05, 4.69) is 35.2 Å². The molecule has 33 heavy (non-hydrogen) atoms. The third kappa shape index (κ3) is 9.02. The fourth-order valence-electron chi connectivity index (χ4n) is 3.78. The molecule has 2 aromatic carbocycles. The van der Waals surface area contributed by atoms with Gasteiger partial charge in [-0.05, 0) is 62.4 Å². The first kappa shape index (κ1) is 26.0. The van der Waals surface area contributed by atoms with Crippen molar-refractivity contribution in [1.29, 1.82) is 0 Å². The predicted octanol–water partition coefficient (Wildman–Crippen LogP) is 3.58. The molecule has 1 saturated heterocycles. The molecule has 180 valence electrons. The van der Waals surface area contributed by atoms with Crippen molar-refractivity contribution in [3.05, 3.63) is 54.1 Å². The number of hydrogen-bond acceptors (Lipinski definition) is 6. The van der Waals surface area contributed by atoms with E-state index in [1.54, 1.807) is 14.2 Å². The third-order valence-corrected chi connectivity index (χ3v) is 5.50. The maximum Gasteiger partial charge on any atom is 0.414 e. The van der Waals surface area contributed by atoms with Crippen LogP contribution in [-0.4, -0.2) is 67.5 Å². The summed E-state index contributed by atoms with van der Waals surface area (Å²) in [7, 11) is 3.31. The molecular formula is C25H33NO7. The highest BCUT2D eigenvalue weighted by Crippen LogP contribution is 2.36. The summed E-state index contributed by atoms with van der Waals surface area (Å²) >= 11 is 0. The predicted molar refractivity (Wildman–Crippen MR) is 124 cm³/mol. The van der Waals surface area contributed by atoms with Crippen LogP contribution in [0.25, 0.3) is 0 Å². The Bertz CT molecular complexity index is 830. The number of nitrogens with zero attached hydrogens (tertiary/aromatic N) is 1. The van der Waals surface area contributed by atoms with Crippen LogP contribution in [0.3, 0.4) is 0 Å². The molecule has 1 aliphatic rings. The number of carbonyl (C=O) groups is 2. The van der Waals surface area contributed by atoms with Crippen LogP contribution in [0.2, 0.25) is 0 Å². The van der Waals surface area contributed by atoms with Crippen molar-refractivity contribution in [2.24, 2.45) is 5.92 Å². The van der Waals surface area contributed by atoms with E-state index >= 15 is 0 Å². The summed E-state index contributed by atoms with van der Waals surface area (Å²) in [6.45, 7) is 4.13. The first-order chi connectivity index (χ1) is 15.9. The van der Waals surface area contributed by atoms with Gasteiger partial charge in [-0.3, -0.25) is 0 Å². The SMILES string of the molecule is COc1cccc(OC)c1OCCCN1CCC(Cc2ccccc2)CC1.O=C(O)C(=O)O. The molecule has 8 heteroatoms. The zero-order valence-electron chi connectivity index (χ0n) is 19.2. The average molecular weight is 460 g/mol. The summed E-state index contributed by atoms with van der Waals surface area (Å²) in [4.78, 5) is 20.8. The van der Waals surface area contributed by atoms with Crippen LogP contribution in [0.1, 0.15) is 24.8 Å². The Morgan fingerprint density at radius 3 is 2.00 bits per heavy atom. The maximum atomic E-state index is 9.10. The van der Waals surface area contributed by atoms with Gasteiger partial charge in [0.2, 0.25) is 5.75 Å². The first-order valence-electron chi connectivity index (χ1n) is 11.0. The molecule has 0 saturated carbocycles. The molecule has 1 fully saturated rings. The lowest BCUT2D eigenvalue weighted by atomic mass is 9.90. The number of methoxy groups -OCH3 is 2. The summed E-state index contributed by atoms with van der Waals surface area (Å²) in [5, 5.41) is 14.8. The van der Waals surface area contributed by atoms with Gasteiger partial charge < -0.3 is 29.3 Å². The minimum absolute atomic E-state index is 0.667. The van der Waals surface area contributed by atoms with Crippen molar-refractivity contribution in [2.45, 2.75) is 25.7 Å². The second-order valence-electron chi connectivity index (χ2n) is 7.78. The highest BCUT2D eigenvalue weighted by Gasteiger charge is 2.19. The van der Waals surface area contributed by atoms with Crippen LogP contribution in [0.15, 0.2) is 48.5 Å². The molecule has 0 spiro atoms. The molecule has 0 radical (unpaired) electrons. The second kappa shape index (κ2) is 14.0. The van der Waals surface area contributed by atoms with Gasteiger partial charge in [-0.15, -0.1) is 0 Å². The van der Waals surface area contributed by atoms with Crippen LogP contribution in [0.4, 0.5) is 0 Å². The molecular weight excluding hydrogens is 426 g/mol. The Labute approximate surface area is 194 Å². The standard InChI is InChI=1S/C23H31NO3.C2H2O4/c1-25-21-10-6-11-22(26-2)23(21)27-17-7-14-24-15-12-20(13-16-24)18-19-8-4-3-5-9-19;3-1(4)2(5)6/h3-6,8-11,20H,7,12-18H2,1-2H3;(H,3,4)(H,5,6). The monoisotopic (exact) mass is 459 g/mol. The minimum atomic E-state index is -1.82. The van der Waals surface area contributed by atoms with Gasteiger partial charge in [-0.25, -0.2) is 9.59 Å². The molecule has 3 rings (SSSR count). The summed E-state index contributed by atoms with van der Waals surface area (Å²) in [5.41, 5.74) is 1.47. The van der Waals surface area contributed by atoms with Crippen LogP contribution in [0, 0.1) is 5.92 Å². The van der Waals surface area contributed by atoms with Crippen molar-refractivity contribution in [1.82, 2.24) is 4.90 Å². The van der Waals surface area contributed by atoms with Gasteiger partial charge in [0.1, 0.15) is 0 Å². The Morgan fingerprint density at radius 2 is 1.48 bits per heavy atom. The highest BCUT2D eigenvalue weighted by molar-refractivity contribution is 6.27. The fourth-order valence-corrected chi connectivity index (χ4v) is 3.78. The van der Waals surface area contributed by atoms with Gasteiger partial charge in [-0.1, -0.05) is 36.4 Å². The lowest BCUT2D eigenvalue weighted by Crippen LogP contribution is -2.35. The molecule has 0 aromatic heterocycles. The number of likely N-dealkylation sites (tertiary alicyclic amines) is 1. The fraction of sp³-hybridized carbons (Fsp3) is 0.440. The molecule has 8 nitrogen and oxygen atoms in total. The molecule has 1 heterocycles. The van der Waals surface area contributed by atoms with Crippen molar-refractivity contribution >= 4 is 11.9 Å². The molecule has 2 aromatic rings. The molecule has 0 bridgehead atoms. The molecule has 1 aliphatic heterocycles.